The Labute approximate surface area is 237 Å². The zero-order valence-electron chi connectivity index (χ0n) is 22.6. The molecule has 2 aliphatic rings. The average Bonchev–Trinajstić information content (AvgIpc) is 3.30. The quantitative estimate of drug-likeness (QED) is 0.222. The van der Waals surface area contributed by atoms with E-state index in [2.05, 4.69) is 0 Å². The summed E-state index contributed by atoms with van der Waals surface area (Å²) in [6.45, 7) is 4.07. The lowest BCUT2D eigenvalue weighted by atomic mass is 10.1. The van der Waals surface area contributed by atoms with Crippen molar-refractivity contribution in [2.75, 3.05) is 49.2 Å². The maximum atomic E-state index is 14.2. The van der Waals surface area contributed by atoms with E-state index in [1.807, 2.05) is 16.7 Å². The number of carbonyl (C=O) groups is 4. The number of ketones is 1. The van der Waals surface area contributed by atoms with E-state index in [0.717, 1.165) is 4.90 Å². The molecule has 1 atom stereocenters. The molecular formula is C31H30FN3O6. The zero-order chi connectivity index (χ0) is 28.9. The van der Waals surface area contributed by atoms with Crippen LogP contribution < -0.4 is 14.5 Å². The molecule has 0 bridgehead atoms. The number of imide groups is 1. The highest BCUT2D eigenvalue weighted by molar-refractivity contribution is 6.22. The molecule has 2 amide bonds. The van der Waals surface area contributed by atoms with Crippen LogP contribution in [0.25, 0.3) is 0 Å². The minimum Gasteiger partial charge on any atom is -0.494 e. The minimum absolute atomic E-state index is 0.0516. The maximum Gasteiger partial charge on any atom is 0.338 e. The predicted octanol–water partition coefficient (Wildman–Crippen LogP) is 3.72. The van der Waals surface area contributed by atoms with Gasteiger partial charge in [0.15, 0.2) is 12.4 Å². The van der Waals surface area contributed by atoms with Crippen molar-refractivity contribution in [2.24, 2.45) is 0 Å². The standard InChI is InChI=1S/C31H30FN3O6/c1-2-40-24-13-9-21(10-14-24)28(36)20-41-31(39)22-7-11-23(12-8-22)35-29(37)19-27(30(35)38)34-17-15-33(16-18-34)26-6-4-3-5-25(26)32/h3-14,27H,2,15-20H2,1H3. The largest absolute Gasteiger partial charge is 0.494 e. The van der Waals surface area contributed by atoms with E-state index in [4.69, 9.17) is 9.47 Å². The summed E-state index contributed by atoms with van der Waals surface area (Å²) in [6.07, 6.45) is 0.0516. The van der Waals surface area contributed by atoms with Crippen molar-refractivity contribution in [1.29, 1.82) is 0 Å². The van der Waals surface area contributed by atoms with Crippen molar-refractivity contribution in [2.45, 2.75) is 19.4 Å². The number of anilines is 2. The fraction of sp³-hybridized carbons (Fsp3) is 0.290. The Bertz CT molecular complexity index is 1430. The average molecular weight is 560 g/mol. The van der Waals surface area contributed by atoms with E-state index in [-0.39, 0.29) is 35.4 Å². The molecule has 0 saturated carbocycles. The Kier molecular flexibility index (Phi) is 8.39. The molecule has 5 rings (SSSR count). The number of nitrogens with zero attached hydrogens (tertiary/aromatic N) is 3. The van der Waals surface area contributed by atoms with Crippen molar-refractivity contribution < 1.29 is 33.0 Å². The number of carbonyl (C=O) groups excluding carboxylic acids is 4. The summed E-state index contributed by atoms with van der Waals surface area (Å²) in [5, 5.41) is 0. The fourth-order valence-electron chi connectivity index (χ4n) is 5.10. The number of amides is 2. The third kappa shape index (κ3) is 6.12. The number of para-hydroxylation sites is 1. The van der Waals surface area contributed by atoms with Gasteiger partial charge >= 0.3 is 5.97 Å². The van der Waals surface area contributed by atoms with Crippen molar-refractivity contribution >= 4 is 34.9 Å². The Hall–Kier alpha value is -4.57. The first kappa shape index (κ1) is 28.0. The molecule has 2 saturated heterocycles. The van der Waals surface area contributed by atoms with Crippen LogP contribution >= 0.6 is 0 Å². The predicted molar refractivity (Wildman–Crippen MR) is 150 cm³/mol. The van der Waals surface area contributed by atoms with Crippen LogP contribution in [-0.4, -0.2) is 73.9 Å². The summed E-state index contributed by atoms with van der Waals surface area (Å²) in [5.41, 5.74) is 1.47. The molecule has 0 aromatic heterocycles. The van der Waals surface area contributed by atoms with Gasteiger partial charge in [-0.2, -0.15) is 0 Å². The summed E-state index contributed by atoms with van der Waals surface area (Å²) < 4.78 is 24.7. The molecule has 1 unspecified atom stereocenters. The fourth-order valence-corrected chi connectivity index (χ4v) is 5.10. The maximum absolute atomic E-state index is 14.2. The highest BCUT2D eigenvalue weighted by atomic mass is 19.1. The topological polar surface area (TPSA) is 96.5 Å². The van der Waals surface area contributed by atoms with E-state index in [1.54, 1.807) is 42.5 Å². The van der Waals surface area contributed by atoms with E-state index >= 15 is 0 Å². The van der Waals surface area contributed by atoms with Crippen LogP contribution in [0.2, 0.25) is 0 Å². The van der Waals surface area contributed by atoms with E-state index in [1.165, 1.54) is 30.3 Å². The number of rotatable bonds is 9. The number of benzene rings is 3. The van der Waals surface area contributed by atoms with Gasteiger partial charge in [0.2, 0.25) is 5.91 Å². The monoisotopic (exact) mass is 559 g/mol. The number of halogens is 1. The number of piperazine rings is 1. The zero-order valence-corrected chi connectivity index (χ0v) is 22.6. The molecule has 2 fully saturated rings. The highest BCUT2D eigenvalue weighted by Gasteiger charge is 2.43. The number of Topliss-reactive ketones (excluding diaryl/α,β-unsaturated/α-hetero) is 1. The Morgan fingerprint density at radius 2 is 1.54 bits per heavy atom. The summed E-state index contributed by atoms with van der Waals surface area (Å²) in [5.74, 6) is -1.35. The normalized spacial score (nSPS) is 17.6. The van der Waals surface area contributed by atoms with Gasteiger partial charge in [0.05, 0.1) is 36.0 Å². The molecule has 2 aliphatic heterocycles. The van der Waals surface area contributed by atoms with Crippen molar-refractivity contribution in [3.63, 3.8) is 0 Å². The minimum atomic E-state index is -0.694. The Morgan fingerprint density at radius 1 is 0.878 bits per heavy atom. The van der Waals surface area contributed by atoms with Gasteiger partial charge in [-0.25, -0.2) is 14.1 Å². The molecule has 3 aromatic rings. The molecule has 10 heteroatoms. The summed E-state index contributed by atoms with van der Waals surface area (Å²) in [6, 6.07) is 18.5. The Balaban J connectivity index is 1.15. The molecule has 41 heavy (non-hydrogen) atoms. The number of hydrogen-bond acceptors (Lipinski definition) is 8. The smallest absolute Gasteiger partial charge is 0.338 e. The van der Waals surface area contributed by atoms with Gasteiger partial charge in [0.1, 0.15) is 11.6 Å². The second-order valence-electron chi connectivity index (χ2n) is 9.77. The van der Waals surface area contributed by atoms with Gasteiger partial charge in [-0.3, -0.25) is 19.3 Å². The van der Waals surface area contributed by atoms with Crippen LogP contribution in [0.5, 0.6) is 5.75 Å². The first-order chi connectivity index (χ1) is 19.9. The van der Waals surface area contributed by atoms with E-state index in [9.17, 15) is 23.6 Å². The van der Waals surface area contributed by atoms with Crippen LogP contribution in [0, 0.1) is 5.82 Å². The van der Waals surface area contributed by atoms with E-state index in [0.29, 0.717) is 55.5 Å². The van der Waals surface area contributed by atoms with Crippen LogP contribution in [0.4, 0.5) is 15.8 Å². The SMILES string of the molecule is CCOc1ccc(C(=O)COC(=O)c2ccc(N3C(=O)CC(N4CCN(c5ccccc5F)CC4)C3=O)cc2)cc1. The van der Waals surface area contributed by atoms with Crippen LogP contribution in [-0.2, 0) is 14.3 Å². The van der Waals surface area contributed by atoms with Gasteiger partial charge in [0, 0.05) is 31.7 Å². The molecule has 212 valence electrons. The number of hydrogen-bond donors (Lipinski definition) is 0. The molecule has 9 nitrogen and oxygen atoms in total. The first-order valence-corrected chi connectivity index (χ1v) is 13.5. The lowest BCUT2D eigenvalue weighted by Gasteiger charge is -2.38. The van der Waals surface area contributed by atoms with Crippen molar-refractivity contribution in [3.05, 3.63) is 89.7 Å². The van der Waals surface area contributed by atoms with Crippen LogP contribution in [0.1, 0.15) is 34.1 Å². The molecule has 2 heterocycles. The molecular weight excluding hydrogens is 529 g/mol. The molecule has 0 radical (unpaired) electrons. The van der Waals surface area contributed by atoms with E-state index < -0.39 is 18.6 Å². The lowest BCUT2D eigenvalue weighted by Crippen LogP contribution is -2.52. The van der Waals surface area contributed by atoms with Crippen molar-refractivity contribution in [1.82, 2.24) is 4.90 Å². The van der Waals surface area contributed by atoms with Crippen LogP contribution in [0.15, 0.2) is 72.8 Å². The second-order valence-corrected chi connectivity index (χ2v) is 9.77. The summed E-state index contributed by atoms with van der Waals surface area (Å²) in [7, 11) is 0. The number of esters is 1. The van der Waals surface area contributed by atoms with Gasteiger partial charge in [0.25, 0.3) is 5.91 Å². The third-order valence-corrected chi connectivity index (χ3v) is 7.25. The lowest BCUT2D eigenvalue weighted by molar-refractivity contribution is -0.123. The van der Waals surface area contributed by atoms with Crippen molar-refractivity contribution in [3.8, 4) is 5.75 Å². The molecule has 3 aromatic carbocycles. The highest BCUT2D eigenvalue weighted by Crippen LogP contribution is 2.28. The molecule has 0 aliphatic carbocycles. The first-order valence-electron chi connectivity index (χ1n) is 13.5. The van der Waals surface area contributed by atoms with Gasteiger partial charge < -0.3 is 14.4 Å². The van der Waals surface area contributed by atoms with Gasteiger partial charge in [-0.05, 0) is 67.6 Å². The van der Waals surface area contributed by atoms with Gasteiger partial charge in [-0.1, -0.05) is 12.1 Å². The third-order valence-electron chi connectivity index (χ3n) is 7.25. The second kappa shape index (κ2) is 12.3. The van der Waals surface area contributed by atoms with Crippen LogP contribution in [0.3, 0.4) is 0 Å². The molecule has 0 N–H and O–H groups in total. The summed E-state index contributed by atoms with van der Waals surface area (Å²) >= 11 is 0. The Morgan fingerprint density at radius 3 is 2.20 bits per heavy atom. The molecule has 0 spiro atoms. The van der Waals surface area contributed by atoms with Gasteiger partial charge in [-0.15, -0.1) is 0 Å². The number of ether oxygens (including phenoxy) is 2. The summed E-state index contributed by atoms with van der Waals surface area (Å²) in [4.78, 5) is 56.0.